The van der Waals surface area contributed by atoms with Crippen molar-refractivity contribution in [2.45, 2.75) is 0 Å². The van der Waals surface area contributed by atoms with Gasteiger partial charge in [0.25, 0.3) is 0 Å². The van der Waals surface area contributed by atoms with Crippen molar-refractivity contribution in [1.29, 1.82) is 0 Å². The van der Waals surface area contributed by atoms with E-state index in [0.29, 0.717) is 0 Å². The van der Waals surface area contributed by atoms with Crippen molar-refractivity contribution in [2.24, 2.45) is 0 Å². The summed E-state index contributed by atoms with van der Waals surface area (Å²) in [6, 6.07) is 0. The van der Waals surface area contributed by atoms with Gasteiger partial charge in [0.05, 0.1) is 0 Å². The van der Waals surface area contributed by atoms with Crippen molar-refractivity contribution < 1.29 is 22.5 Å². The summed E-state index contributed by atoms with van der Waals surface area (Å²) in [4.78, 5) is 0. The SMILES string of the molecule is [O]=[Cu].[O]=[Pb]. The fourth-order valence-electron chi connectivity index (χ4n) is 0. The summed E-state index contributed by atoms with van der Waals surface area (Å²) in [5.74, 6) is 0. The number of hydrogen-bond acceptors (Lipinski definition) is 2. The molecule has 2 nitrogen and oxygen atoms in total. The molecule has 0 amide bonds. The molecule has 0 rings (SSSR count). The molecule has 0 fully saturated rings. The standard InChI is InChI=1S/Cu.2O.Pb. The minimum absolute atomic E-state index is 0.0556. The van der Waals surface area contributed by atoms with E-state index in [1.165, 1.54) is 0 Å². The maximum absolute atomic E-state index is 8.39. The Morgan fingerprint density at radius 2 is 1.25 bits per heavy atom. The van der Waals surface area contributed by atoms with Crippen LogP contribution in [-0.2, 0) is 22.5 Å². The van der Waals surface area contributed by atoms with Crippen LogP contribution < -0.4 is 0 Å². The first-order chi connectivity index (χ1) is 2.00. The molecule has 4 heavy (non-hydrogen) atoms. The van der Waals surface area contributed by atoms with Crippen LogP contribution >= 0.6 is 0 Å². The summed E-state index contributed by atoms with van der Waals surface area (Å²) >= 11 is 2.99. The van der Waals surface area contributed by atoms with Crippen LogP contribution in [0.25, 0.3) is 0 Å². The normalized spacial score (nSPS) is 2.50. The fourth-order valence-corrected chi connectivity index (χ4v) is 0. The van der Waals surface area contributed by atoms with E-state index in [1.807, 2.05) is 0 Å². The molecule has 0 N–H and O–H groups in total. The van der Waals surface area contributed by atoms with E-state index < -0.39 is 0 Å². The second-order valence-electron chi connectivity index (χ2n) is 0. The Kier molecular flexibility index (Phi) is 76.7. The quantitative estimate of drug-likeness (QED) is 0.559. The van der Waals surface area contributed by atoms with Crippen LogP contribution in [-0.4, -0.2) is 25.8 Å². The molecule has 4 heteroatoms. The molecule has 0 unspecified atom stereocenters. The van der Waals surface area contributed by atoms with Crippen molar-refractivity contribution in [3.63, 3.8) is 0 Å². The molecule has 0 aliphatic rings. The average Bonchev–Trinajstić information content (AvgIpc) is 1.50. The van der Waals surface area contributed by atoms with E-state index in [9.17, 15) is 0 Å². The zero-order valence-corrected chi connectivity index (χ0v) is 6.45. The molecule has 0 aromatic rings. The molecule has 0 spiro atoms. The van der Waals surface area contributed by atoms with E-state index in [0.717, 1.165) is 0 Å². The molecule has 0 aliphatic carbocycles. The third kappa shape index (κ3) is 11.7. The van der Waals surface area contributed by atoms with Gasteiger partial charge in [-0.3, -0.25) is 0 Å². The van der Waals surface area contributed by atoms with Gasteiger partial charge in [0.2, 0.25) is 0 Å². The molecule has 27 valence electrons. The molecular weight excluding hydrogens is 303 g/mol. The van der Waals surface area contributed by atoms with E-state index >= 15 is 0 Å². The first-order valence-electron chi connectivity index (χ1n) is 0.327. The first-order valence-corrected chi connectivity index (χ1v) is 2.30. The zero-order valence-electron chi connectivity index (χ0n) is 1.62. The van der Waals surface area contributed by atoms with Gasteiger partial charge in [-0.25, -0.2) is 0 Å². The van der Waals surface area contributed by atoms with Crippen LogP contribution in [0.5, 0.6) is 0 Å². The van der Waals surface area contributed by atoms with Gasteiger partial charge in [-0.15, -0.1) is 0 Å². The predicted molar refractivity (Wildman–Crippen MR) is 7.13 cm³/mol. The first kappa shape index (κ1) is 8.90. The van der Waals surface area contributed by atoms with Gasteiger partial charge in [-0.05, 0) is 0 Å². The summed E-state index contributed by atoms with van der Waals surface area (Å²) in [5.41, 5.74) is 0. The van der Waals surface area contributed by atoms with Crippen molar-refractivity contribution in [3.05, 3.63) is 0 Å². The second-order valence-corrected chi connectivity index (χ2v) is 0. The topological polar surface area (TPSA) is 34.1 Å². The fraction of sp³-hybridized carbons (Fsp3) is 0. The summed E-state index contributed by atoms with van der Waals surface area (Å²) < 4.78 is 16.2. The summed E-state index contributed by atoms with van der Waals surface area (Å²) in [7, 11) is 0. The van der Waals surface area contributed by atoms with Gasteiger partial charge in [0.15, 0.2) is 0 Å². The molecule has 0 aliphatic heterocycles. The Morgan fingerprint density at radius 3 is 1.25 bits per heavy atom. The van der Waals surface area contributed by atoms with Crippen molar-refractivity contribution in [2.75, 3.05) is 0 Å². The molecule has 2 radical (unpaired) electrons. The van der Waals surface area contributed by atoms with E-state index in [4.69, 9.17) is 6.52 Å². The molecule has 0 saturated heterocycles. The molecule has 0 aromatic heterocycles. The molecule has 0 heterocycles. The Hall–Kier alpha value is 1.04. The van der Waals surface area contributed by atoms with Crippen molar-refractivity contribution >= 4 is 25.8 Å². The van der Waals surface area contributed by atoms with Gasteiger partial charge >= 0.3 is 48.2 Å². The molecule has 0 aromatic carbocycles. The van der Waals surface area contributed by atoms with Crippen LogP contribution in [0.3, 0.4) is 0 Å². The third-order valence-corrected chi connectivity index (χ3v) is 0. The summed E-state index contributed by atoms with van der Waals surface area (Å²) in [6.07, 6.45) is 0. The maximum atomic E-state index is 8.39. The van der Waals surface area contributed by atoms with Crippen LogP contribution in [0, 0.1) is 0 Å². The van der Waals surface area contributed by atoms with E-state index in [-0.39, 0.29) is 25.8 Å². The van der Waals surface area contributed by atoms with E-state index in [2.05, 4.69) is 15.9 Å². The number of hydrogen-bond donors (Lipinski definition) is 0. The minimum atomic E-state index is 0.0556. The molecule has 0 saturated carbocycles. The summed E-state index contributed by atoms with van der Waals surface area (Å²) in [6.45, 7) is 0. The van der Waals surface area contributed by atoms with Crippen molar-refractivity contribution in [3.8, 4) is 0 Å². The summed E-state index contributed by atoms with van der Waals surface area (Å²) in [5, 5.41) is 0. The van der Waals surface area contributed by atoms with Gasteiger partial charge in [-0.1, -0.05) is 0 Å². The predicted octanol–water partition coefficient (Wildman–Crippen LogP) is -0.621. The second kappa shape index (κ2) is 34.5. The van der Waals surface area contributed by atoms with Gasteiger partial charge < -0.3 is 0 Å². The van der Waals surface area contributed by atoms with Gasteiger partial charge in [0, 0.05) is 0 Å². The molecule has 0 atom stereocenters. The van der Waals surface area contributed by atoms with Crippen LogP contribution in [0.1, 0.15) is 0 Å². The Labute approximate surface area is 48.1 Å². The number of rotatable bonds is 0. The molecular formula is CuO2Pb. The van der Waals surface area contributed by atoms with Crippen molar-refractivity contribution in [1.82, 2.24) is 0 Å². The average molecular weight is 303 g/mol. The van der Waals surface area contributed by atoms with Gasteiger partial charge in [-0.2, -0.15) is 0 Å². The Bertz CT molecular complexity index is 8.00. The molecule has 0 bridgehead atoms. The van der Waals surface area contributed by atoms with Crippen LogP contribution in [0.15, 0.2) is 0 Å². The third-order valence-electron chi connectivity index (χ3n) is 0. The zero-order chi connectivity index (χ0) is 4.00. The van der Waals surface area contributed by atoms with Crippen LogP contribution in [0.2, 0.25) is 0 Å². The van der Waals surface area contributed by atoms with E-state index in [1.54, 1.807) is 0 Å². The Morgan fingerprint density at radius 1 is 1.25 bits per heavy atom. The van der Waals surface area contributed by atoms with Crippen LogP contribution in [0.4, 0.5) is 0 Å². The Balaban J connectivity index is 0. The van der Waals surface area contributed by atoms with Gasteiger partial charge in [0.1, 0.15) is 0 Å². The monoisotopic (exact) mass is 303 g/mol.